The summed E-state index contributed by atoms with van der Waals surface area (Å²) in [6, 6.07) is -0.211. The molecule has 2 rings (SSSR count). The maximum Gasteiger partial charge on any atom is 0.404 e. The van der Waals surface area contributed by atoms with Crippen molar-refractivity contribution in [3.63, 3.8) is 0 Å². The van der Waals surface area contributed by atoms with Crippen LogP contribution in [-0.4, -0.2) is 44.4 Å². The number of nitrogens with one attached hydrogen (secondary N) is 2. The summed E-state index contributed by atoms with van der Waals surface area (Å²) in [7, 11) is 1.58. The number of hydrogen-bond acceptors (Lipinski definition) is 3. The number of methoxy groups -OCH3 is 1. The van der Waals surface area contributed by atoms with Crippen LogP contribution in [0.1, 0.15) is 25.7 Å². The van der Waals surface area contributed by atoms with Gasteiger partial charge in [-0.25, -0.2) is 0 Å². The van der Waals surface area contributed by atoms with Crippen molar-refractivity contribution in [3.8, 4) is 0 Å². The minimum atomic E-state index is -4.51. The van der Waals surface area contributed by atoms with E-state index in [2.05, 4.69) is 10.6 Å². The highest BCUT2D eigenvalue weighted by atomic mass is 19.4. The molecule has 1 aliphatic heterocycles. The molecule has 19 heavy (non-hydrogen) atoms. The maximum atomic E-state index is 13.2. The highest BCUT2D eigenvalue weighted by molar-refractivity contribution is 5.84. The summed E-state index contributed by atoms with van der Waals surface area (Å²) in [5.41, 5.74) is -2.27. The third kappa shape index (κ3) is 2.72. The average molecular weight is 280 g/mol. The molecule has 3 unspecified atom stereocenters. The highest BCUT2D eigenvalue weighted by Crippen LogP contribution is 2.43. The molecule has 7 heteroatoms. The number of ether oxygens (including phenoxy) is 1. The number of alkyl halides is 3. The Kier molecular flexibility index (Phi) is 4.06. The van der Waals surface area contributed by atoms with Gasteiger partial charge in [0.15, 0.2) is 5.41 Å². The number of rotatable bonds is 3. The third-order valence-electron chi connectivity index (χ3n) is 4.19. The van der Waals surface area contributed by atoms with E-state index < -0.39 is 17.5 Å². The Morgan fingerprint density at radius 1 is 1.42 bits per heavy atom. The summed E-state index contributed by atoms with van der Waals surface area (Å²) in [6.07, 6.45) is -2.63. The predicted molar refractivity (Wildman–Crippen MR) is 62.6 cm³/mol. The first kappa shape index (κ1) is 14.6. The molecule has 2 N–H and O–H groups in total. The molecule has 0 spiro atoms. The third-order valence-corrected chi connectivity index (χ3v) is 4.19. The monoisotopic (exact) mass is 280 g/mol. The molecule has 1 saturated carbocycles. The van der Waals surface area contributed by atoms with Crippen LogP contribution >= 0.6 is 0 Å². The lowest BCUT2D eigenvalue weighted by atomic mass is 9.85. The standard InChI is InChI=1S/C12H19F3N2O2/c1-19-9-3-2-8(6-9)17-10(18)11(12(13,14)15)4-5-16-7-11/h8-9,16H,2-7H2,1H3,(H,17,18). The summed E-state index contributed by atoms with van der Waals surface area (Å²) in [5, 5.41) is 5.19. The van der Waals surface area contributed by atoms with Crippen LogP contribution in [-0.2, 0) is 9.53 Å². The predicted octanol–water partition coefficient (Wildman–Crippen LogP) is 1.21. The van der Waals surface area contributed by atoms with E-state index in [-0.39, 0.29) is 31.7 Å². The van der Waals surface area contributed by atoms with Crippen molar-refractivity contribution in [1.29, 1.82) is 0 Å². The van der Waals surface area contributed by atoms with Gasteiger partial charge in [0.25, 0.3) is 0 Å². The second-order valence-electron chi connectivity index (χ2n) is 5.35. The summed E-state index contributed by atoms with van der Waals surface area (Å²) in [6.45, 7) is -0.110. The van der Waals surface area contributed by atoms with Crippen molar-refractivity contribution in [2.45, 2.75) is 44.0 Å². The van der Waals surface area contributed by atoms with Crippen LogP contribution in [0.5, 0.6) is 0 Å². The van der Waals surface area contributed by atoms with Gasteiger partial charge in [-0.3, -0.25) is 4.79 Å². The smallest absolute Gasteiger partial charge is 0.381 e. The fourth-order valence-corrected chi connectivity index (χ4v) is 2.87. The van der Waals surface area contributed by atoms with Crippen LogP contribution in [0.3, 0.4) is 0 Å². The van der Waals surface area contributed by atoms with Crippen molar-refractivity contribution in [2.24, 2.45) is 5.41 Å². The second-order valence-corrected chi connectivity index (χ2v) is 5.35. The quantitative estimate of drug-likeness (QED) is 0.817. The van der Waals surface area contributed by atoms with Crippen LogP contribution in [0.25, 0.3) is 0 Å². The SMILES string of the molecule is COC1CCC(NC(=O)C2(C(F)(F)F)CCNC2)C1. The number of carbonyl (C=O) groups is 1. The largest absolute Gasteiger partial charge is 0.404 e. The molecular weight excluding hydrogens is 261 g/mol. The van der Waals surface area contributed by atoms with Crippen LogP contribution in [0.15, 0.2) is 0 Å². The summed E-state index contributed by atoms with van der Waals surface area (Å²) < 4.78 is 44.6. The maximum absolute atomic E-state index is 13.2. The van der Waals surface area contributed by atoms with Gasteiger partial charge in [0.05, 0.1) is 6.10 Å². The molecule has 0 aromatic rings. The summed E-state index contributed by atoms with van der Waals surface area (Å²) in [4.78, 5) is 12.1. The highest BCUT2D eigenvalue weighted by Gasteiger charge is 2.61. The van der Waals surface area contributed by atoms with Crippen molar-refractivity contribution in [2.75, 3.05) is 20.2 Å². The number of halogens is 3. The van der Waals surface area contributed by atoms with E-state index in [0.717, 1.165) is 6.42 Å². The zero-order chi connectivity index (χ0) is 14.1. The van der Waals surface area contributed by atoms with Gasteiger partial charge in [0, 0.05) is 19.7 Å². The Morgan fingerprint density at radius 3 is 2.63 bits per heavy atom. The van der Waals surface area contributed by atoms with Gasteiger partial charge in [-0.1, -0.05) is 0 Å². The van der Waals surface area contributed by atoms with Gasteiger partial charge >= 0.3 is 6.18 Å². The average Bonchev–Trinajstić information content (AvgIpc) is 2.96. The van der Waals surface area contributed by atoms with Gasteiger partial charge in [0.2, 0.25) is 5.91 Å². The fraction of sp³-hybridized carbons (Fsp3) is 0.917. The molecule has 110 valence electrons. The molecule has 0 aromatic heterocycles. The van der Waals surface area contributed by atoms with Crippen molar-refractivity contribution < 1.29 is 22.7 Å². The first-order valence-electron chi connectivity index (χ1n) is 6.50. The molecule has 1 saturated heterocycles. The molecule has 0 radical (unpaired) electrons. The lowest BCUT2D eigenvalue weighted by Gasteiger charge is -2.30. The van der Waals surface area contributed by atoms with Crippen LogP contribution in [0.4, 0.5) is 13.2 Å². The van der Waals surface area contributed by atoms with E-state index in [4.69, 9.17) is 4.74 Å². The molecule has 0 aromatic carbocycles. The molecule has 4 nitrogen and oxygen atoms in total. The summed E-state index contributed by atoms with van der Waals surface area (Å²) in [5.74, 6) is -0.897. The molecule has 1 aliphatic carbocycles. The molecule has 1 amide bonds. The number of carbonyl (C=O) groups excluding carboxylic acids is 1. The first-order chi connectivity index (χ1) is 8.89. The van der Waals surface area contributed by atoms with E-state index in [1.807, 2.05) is 0 Å². The van der Waals surface area contributed by atoms with E-state index in [9.17, 15) is 18.0 Å². The Morgan fingerprint density at radius 2 is 2.16 bits per heavy atom. The van der Waals surface area contributed by atoms with Crippen molar-refractivity contribution in [3.05, 3.63) is 0 Å². The number of amides is 1. The molecule has 2 fully saturated rings. The minimum Gasteiger partial charge on any atom is -0.381 e. The summed E-state index contributed by atoms with van der Waals surface area (Å²) >= 11 is 0. The Balaban J connectivity index is 2.02. The van der Waals surface area contributed by atoms with Crippen molar-refractivity contribution >= 4 is 5.91 Å². The van der Waals surface area contributed by atoms with Crippen molar-refractivity contribution in [1.82, 2.24) is 10.6 Å². The minimum absolute atomic E-state index is 0.0360. The van der Waals surface area contributed by atoms with Gasteiger partial charge in [-0.05, 0) is 32.2 Å². The molecule has 2 aliphatic rings. The van der Waals surface area contributed by atoms with E-state index in [1.165, 1.54) is 0 Å². The van der Waals surface area contributed by atoms with Crippen LogP contribution in [0, 0.1) is 5.41 Å². The van der Waals surface area contributed by atoms with E-state index in [1.54, 1.807) is 7.11 Å². The Hall–Kier alpha value is -0.820. The zero-order valence-electron chi connectivity index (χ0n) is 10.8. The second kappa shape index (κ2) is 5.28. The van der Waals surface area contributed by atoms with Gasteiger partial charge < -0.3 is 15.4 Å². The van der Waals surface area contributed by atoms with Crippen LogP contribution in [0.2, 0.25) is 0 Å². The van der Waals surface area contributed by atoms with E-state index >= 15 is 0 Å². The number of hydrogen-bond donors (Lipinski definition) is 2. The molecule has 0 bridgehead atoms. The Labute approximate surface area is 110 Å². The first-order valence-corrected chi connectivity index (χ1v) is 6.50. The van der Waals surface area contributed by atoms with E-state index in [0.29, 0.717) is 12.8 Å². The molecule has 1 heterocycles. The van der Waals surface area contributed by atoms with Gasteiger partial charge in [0.1, 0.15) is 0 Å². The lowest BCUT2D eigenvalue weighted by molar-refractivity contribution is -0.216. The topological polar surface area (TPSA) is 50.4 Å². The van der Waals surface area contributed by atoms with Crippen LogP contribution < -0.4 is 10.6 Å². The molecule has 3 atom stereocenters. The molecular formula is C12H19F3N2O2. The normalized spacial score (nSPS) is 35.6. The fourth-order valence-electron chi connectivity index (χ4n) is 2.87. The zero-order valence-corrected chi connectivity index (χ0v) is 10.8. The Bertz CT molecular complexity index is 340. The lowest BCUT2D eigenvalue weighted by Crippen LogP contribution is -2.54. The van der Waals surface area contributed by atoms with Gasteiger partial charge in [-0.2, -0.15) is 13.2 Å². The van der Waals surface area contributed by atoms with Gasteiger partial charge in [-0.15, -0.1) is 0 Å².